The highest BCUT2D eigenvalue weighted by Gasteiger charge is 2.20. The van der Waals surface area contributed by atoms with Crippen LogP contribution in [0.4, 0.5) is 11.4 Å². The Morgan fingerprint density at radius 1 is 1.35 bits per heavy atom. The maximum absolute atomic E-state index is 12.0. The van der Waals surface area contributed by atoms with Crippen molar-refractivity contribution in [3.05, 3.63) is 24.3 Å². The Bertz CT molecular complexity index is 534. The van der Waals surface area contributed by atoms with Crippen molar-refractivity contribution < 1.29 is 14.3 Å². The van der Waals surface area contributed by atoms with Crippen LogP contribution in [0.2, 0.25) is 0 Å². The van der Waals surface area contributed by atoms with Gasteiger partial charge in [-0.05, 0) is 36.6 Å². The molecule has 0 unspecified atom stereocenters. The summed E-state index contributed by atoms with van der Waals surface area (Å²) in [4.78, 5) is 25.4. The number of carbonyl (C=O) groups is 2. The van der Waals surface area contributed by atoms with E-state index in [9.17, 15) is 9.59 Å². The van der Waals surface area contributed by atoms with Crippen molar-refractivity contribution in [1.29, 1.82) is 0 Å². The summed E-state index contributed by atoms with van der Waals surface area (Å²) in [7, 11) is 0. The molecule has 1 aliphatic heterocycles. The summed E-state index contributed by atoms with van der Waals surface area (Å²) in [5.41, 5.74) is 7.33. The molecule has 1 aliphatic rings. The molecule has 1 atom stereocenters. The lowest BCUT2D eigenvalue weighted by Crippen LogP contribution is -2.41. The predicted molar refractivity (Wildman–Crippen MR) is 92.9 cm³/mol. The van der Waals surface area contributed by atoms with E-state index < -0.39 is 6.04 Å². The smallest absolute Gasteiger partial charge is 0.253 e. The lowest BCUT2D eigenvalue weighted by atomic mass is 10.0. The van der Waals surface area contributed by atoms with E-state index >= 15 is 0 Å². The van der Waals surface area contributed by atoms with Gasteiger partial charge in [-0.1, -0.05) is 13.8 Å². The molecule has 1 heterocycles. The molecule has 3 N–H and O–H groups in total. The highest BCUT2D eigenvalue weighted by Crippen LogP contribution is 2.20. The molecular formula is C16H24ClN3O3. The van der Waals surface area contributed by atoms with Crippen LogP contribution in [0.15, 0.2) is 24.3 Å². The average molecular weight is 342 g/mol. The van der Waals surface area contributed by atoms with Crippen LogP contribution in [0.5, 0.6) is 0 Å². The van der Waals surface area contributed by atoms with Gasteiger partial charge >= 0.3 is 0 Å². The third-order valence-corrected chi connectivity index (χ3v) is 3.49. The summed E-state index contributed by atoms with van der Waals surface area (Å²) >= 11 is 0. The zero-order valence-electron chi connectivity index (χ0n) is 13.5. The van der Waals surface area contributed by atoms with E-state index in [1.165, 1.54) is 0 Å². The molecule has 128 valence electrons. The zero-order valence-corrected chi connectivity index (χ0v) is 14.3. The number of anilines is 2. The largest absolute Gasteiger partial charge is 0.370 e. The fraction of sp³-hybridized carbons (Fsp3) is 0.500. The Labute approximate surface area is 142 Å². The molecule has 23 heavy (non-hydrogen) atoms. The monoisotopic (exact) mass is 341 g/mol. The summed E-state index contributed by atoms with van der Waals surface area (Å²) in [6.45, 7) is 5.25. The van der Waals surface area contributed by atoms with Crippen LogP contribution in [0.3, 0.4) is 0 Å². The summed E-state index contributed by atoms with van der Waals surface area (Å²) < 4.78 is 5.11. The lowest BCUT2D eigenvalue weighted by Gasteiger charge is -2.27. The highest BCUT2D eigenvalue weighted by molar-refractivity contribution is 5.96. The first-order valence-electron chi connectivity index (χ1n) is 7.52. The van der Waals surface area contributed by atoms with Crippen LogP contribution in [0.1, 0.15) is 20.3 Å². The number of hydrogen-bond donors (Lipinski definition) is 2. The number of nitrogens with zero attached hydrogens (tertiary/aromatic N) is 1. The third kappa shape index (κ3) is 5.49. The second kappa shape index (κ2) is 8.86. The van der Waals surface area contributed by atoms with Gasteiger partial charge in [-0.2, -0.15) is 0 Å². The lowest BCUT2D eigenvalue weighted by molar-refractivity contribution is -0.125. The second-order valence-corrected chi connectivity index (χ2v) is 5.87. The number of nitrogens with two attached hydrogens (primary N) is 1. The van der Waals surface area contributed by atoms with Crippen LogP contribution in [-0.4, -0.2) is 37.6 Å². The van der Waals surface area contributed by atoms with Gasteiger partial charge in [-0.15, -0.1) is 12.4 Å². The van der Waals surface area contributed by atoms with E-state index in [1.807, 2.05) is 26.0 Å². The normalized spacial score (nSPS) is 16.0. The number of benzene rings is 1. The first-order valence-corrected chi connectivity index (χ1v) is 7.52. The third-order valence-electron chi connectivity index (χ3n) is 3.49. The Hall–Kier alpha value is -1.63. The number of hydrogen-bond acceptors (Lipinski definition) is 4. The van der Waals surface area contributed by atoms with Gasteiger partial charge in [-0.3, -0.25) is 9.59 Å². The number of rotatable bonds is 5. The SMILES string of the molecule is CC(C)C[C@@H](N)C(=O)Nc1ccc(N2CCOCC2=O)cc1.Cl. The van der Waals surface area contributed by atoms with Crippen molar-refractivity contribution in [2.75, 3.05) is 30.0 Å². The molecule has 0 aliphatic carbocycles. The summed E-state index contributed by atoms with van der Waals surface area (Å²) in [6, 6.07) is 6.66. The Kier molecular flexibility index (Phi) is 7.48. The number of ether oxygens (including phenoxy) is 1. The molecule has 6 nitrogen and oxygen atoms in total. The van der Waals surface area contributed by atoms with Crippen LogP contribution < -0.4 is 16.0 Å². The van der Waals surface area contributed by atoms with Crippen molar-refractivity contribution in [2.24, 2.45) is 11.7 Å². The minimum absolute atomic E-state index is 0. The minimum Gasteiger partial charge on any atom is -0.370 e. The Morgan fingerprint density at radius 2 is 2.00 bits per heavy atom. The van der Waals surface area contributed by atoms with E-state index in [0.717, 1.165) is 5.69 Å². The molecule has 0 aromatic heterocycles. The molecule has 0 radical (unpaired) electrons. The first kappa shape index (κ1) is 19.4. The fourth-order valence-electron chi connectivity index (χ4n) is 2.37. The van der Waals surface area contributed by atoms with Gasteiger partial charge in [0.15, 0.2) is 0 Å². The number of morpholine rings is 1. The van der Waals surface area contributed by atoms with E-state index in [-0.39, 0.29) is 30.8 Å². The summed E-state index contributed by atoms with van der Waals surface area (Å²) in [6.07, 6.45) is 0.645. The Balaban J connectivity index is 0.00000264. The predicted octanol–water partition coefficient (Wildman–Crippen LogP) is 1.78. The average Bonchev–Trinajstić information content (AvgIpc) is 2.48. The molecule has 1 fully saturated rings. The fourth-order valence-corrected chi connectivity index (χ4v) is 2.37. The van der Waals surface area contributed by atoms with Gasteiger partial charge in [0.1, 0.15) is 6.61 Å². The number of amides is 2. The molecular weight excluding hydrogens is 318 g/mol. The molecule has 0 bridgehead atoms. The van der Waals surface area contributed by atoms with Crippen LogP contribution >= 0.6 is 12.4 Å². The van der Waals surface area contributed by atoms with Crippen LogP contribution in [0.25, 0.3) is 0 Å². The van der Waals surface area contributed by atoms with Crippen LogP contribution in [0, 0.1) is 5.92 Å². The van der Waals surface area contributed by atoms with Gasteiger partial charge in [0.25, 0.3) is 5.91 Å². The number of halogens is 1. The van der Waals surface area contributed by atoms with Crippen molar-refractivity contribution in [1.82, 2.24) is 0 Å². The highest BCUT2D eigenvalue weighted by atomic mass is 35.5. The second-order valence-electron chi connectivity index (χ2n) is 5.87. The Morgan fingerprint density at radius 3 is 2.57 bits per heavy atom. The standard InChI is InChI=1S/C16H23N3O3.ClH/c1-11(2)9-14(17)16(21)18-12-3-5-13(6-4-12)19-7-8-22-10-15(19)20;/h3-6,11,14H,7-10,17H2,1-2H3,(H,18,21);1H/t14-;/m1./s1. The van der Waals surface area contributed by atoms with Crippen molar-refractivity contribution >= 4 is 35.6 Å². The maximum Gasteiger partial charge on any atom is 0.253 e. The molecule has 2 amide bonds. The van der Waals surface area contributed by atoms with Crippen molar-refractivity contribution in [3.63, 3.8) is 0 Å². The van der Waals surface area contributed by atoms with Crippen molar-refractivity contribution in [3.8, 4) is 0 Å². The van der Waals surface area contributed by atoms with Gasteiger partial charge in [0.05, 0.1) is 12.6 Å². The van der Waals surface area contributed by atoms with Gasteiger partial charge < -0.3 is 20.7 Å². The molecule has 0 saturated carbocycles. The number of nitrogens with one attached hydrogen (secondary N) is 1. The molecule has 7 heteroatoms. The van der Waals surface area contributed by atoms with Crippen LogP contribution in [-0.2, 0) is 14.3 Å². The van der Waals surface area contributed by atoms with Gasteiger partial charge in [0, 0.05) is 17.9 Å². The summed E-state index contributed by atoms with van der Waals surface area (Å²) in [5.74, 6) is 0.126. The van der Waals surface area contributed by atoms with Gasteiger partial charge in [0.2, 0.25) is 5.91 Å². The van der Waals surface area contributed by atoms with E-state index in [4.69, 9.17) is 10.5 Å². The molecule has 1 aromatic carbocycles. The zero-order chi connectivity index (χ0) is 16.1. The number of carbonyl (C=O) groups excluding carboxylic acids is 2. The maximum atomic E-state index is 12.0. The summed E-state index contributed by atoms with van der Waals surface area (Å²) in [5, 5.41) is 2.80. The molecule has 0 spiro atoms. The van der Waals surface area contributed by atoms with Crippen molar-refractivity contribution in [2.45, 2.75) is 26.3 Å². The van der Waals surface area contributed by atoms with E-state index in [1.54, 1.807) is 17.0 Å². The topological polar surface area (TPSA) is 84.7 Å². The minimum atomic E-state index is -0.513. The molecule has 1 aromatic rings. The van der Waals surface area contributed by atoms with E-state index in [2.05, 4.69) is 5.32 Å². The van der Waals surface area contributed by atoms with Gasteiger partial charge in [-0.25, -0.2) is 0 Å². The quantitative estimate of drug-likeness (QED) is 0.855. The first-order chi connectivity index (χ1) is 10.5. The molecule has 2 rings (SSSR count). The molecule has 1 saturated heterocycles. The van der Waals surface area contributed by atoms with E-state index in [0.29, 0.717) is 31.2 Å².